The fourth-order valence-corrected chi connectivity index (χ4v) is 2.13. The molecule has 0 aromatic carbocycles. The molecule has 0 radical (unpaired) electrons. The van der Waals surface area contributed by atoms with Gasteiger partial charge in [0.1, 0.15) is 0 Å². The molecule has 2 rings (SSSR count). The number of hydrogen-bond donors (Lipinski definition) is 1. The molecule has 0 saturated heterocycles. The summed E-state index contributed by atoms with van der Waals surface area (Å²) in [6.07, 6.45) is 1.98. The van der Waals surface area contributed by atoms with E-state index in [9.17, 15) is 4.79 Å². The summed E-state index contributed by atoms with van der Waals surface area (Å²) in [5.74, 6) is 0.213. The number of amides is 1. The van der Waals surface area contributed by atoms with Crippen LogP contribution in [0.25, 0.3) is 0 Å². The molecule has 3 nitrogen and oxygen atoms in total. The average molecular weight is 243 g/mol. The maximum absolute atomic E-state index is 11.3. The Bertz CT molecular complexity index is 409. The van der Waals surface area contributed by atoms with Gasteiger partial charge >= 0.3 is 0 Å². The lowest BCUT2D eigenvalue weighted by atomic mass is 10.3. The van der Waals surface area contributed by atoms with Gasteiger partial charge in [0.2, 0.25) is 5.91 Å². The van der Waals surface area contributed by atoms with Gasteiger partial charge in [0.15, 0.2) is 0 Å². The molecule has 0 atom stereocenters. The van der Waals surface area contributed by atoms with Crippen LogP contribution in [0.2, 0.25) is 4.34 Å². The van der Waals surface area contributed by atoms with Crippen LogP contribution in [0.3, 0.4) is 0 Å². The van der Waals surface area contributed by atoms with E-state index in [1.165, 1.54) is 11.3 Å². The van der Waals surface area contributed by atoms with Crippen LogP contribution in [0.1, 0.15) is 24.6 Å². The summed E-state index contributed by atoms with van der Waals surface area (Å²) >= 11 is 7.26. The zero-order chi connectivity index (χ0) is 10.8. The number of nitrogens with one attached hydrogen (secondary N) is 1. The molecule has 5 heteroatoms. The van der Waals surface area contributed by atoms with Crippen LogP contribution in [0.15, 0.2) is 17.2 Å². The quantitative estimate of drug-likeness (QED) is 0.643. The summed E-state index contributed by atoms with van der Waals surface area (Å²) < 4.78 is 0.730. The average Bonchev–Trinajstić information content (AvgIpc) is 2.97. The van der Waals surface area contributed by atoms with Crippen molar-refractivity contribution >= 4 is 34.6 Å². The standard InChI is InChI=1S/C10H11ClN2OS/c1-6(8-4-5-9(11)15-8)12-13-10(14)7-2-3-7/h4-5,7H,2-3H2,1H3,(H,13,14)/b12-6+. The first-order valence-corrected chi connectivity index (χ1v) is 5.96. The highest BCUT2D eigenvalue weighted by Crippen LogP contribution is 2.28. The number of hydrogen-bond acceptors (Lipinski definition) is 3. The summed E-state index contributed by atoms with van der Waals surface area (Å²) in [5, 5.41) is 4.04. The normalized spacial score (nSPS) is 16.5. The molecule has 15 heavy (non-hydrogen) atoms. The largest absolute Gasteiger partial charge is 0.273 e. The van der Waals surface area contributed by atoms with E-state index in [2.05, 4.69) is 10.5 Å². The zero-order valence-electron chi connectivity index (χ0n) is 8.29. The lowest BCUT2D eigenvalue weighted by Gasteiger charge is -1.98. The fraction of sp³-hybridized carbons (Fsp3) is 0.400. The number of halogens is 1. The monoisotopic (exact) mass is 242 g/mol. The topological polar surface area (TPSA) is 41.5 Å². The van der Waals surface area contributed by atoms with Crippen molar-refractivity contribution < 1.29 is 4.79 Å². The molecule has 1 heterocycles. The van der Waals surface area contributed by atoms with E-state index in [-0.39, 0.29) is 11.8 Å². The minimum absolute atomic E-state index is 0.0250. The van der Waals surface area contributed by atoms with Crippen molar-refractivity contribution in [2.45, 2.75) is 19.8 Å². The van der Waals surface area contributed by atoms with E-state index in [4.69, 9.17) is 11.6 Å². The van der Waals surface area contributed by atoms with Crippen molar-refractivity contribution in [3.8, 4) is 0 Å². The Hall–Kier alpha value is -0.870. The van der Waals surface area contributed by atoms with Crippen LogP contribution < -0.4 is 5.43 Å². The van der Waals surface area contributed by atoms with Crippen molar-refractivity contribution in [1.29, 1.82) is 0 Å². The van der Waals surface area contributed by atoms with Gasteiger partial charge in [-0.3, -0.25) is 4.79 Å². The Morgan fingerprint density at radius 2 is 2.33 bits per heavy atom. The Balaban J connectivity index is 1.97. The highest BCUT2D eigenvalue weighted by atomic mass is 35.5. The smallest absolute Gasteiger partial charge is 0.243 e. The second-order valence-electron chi connectivity index (χ2n) is 3.55. The van der Waals surface area contributed by atoms with Crippen molar-refractivity contribution in [3.05, 3.63) is 21.3 Å². The lowest BCUT2D eigenvalue weighted by molar-refractivity contribution is -0.122. The van der Waals surface area contributed by atoms with Crippen molar-refractivity contribution in [1.82, 2.24) is 5.43 Å². The zero-order valence-corrected chi connectivity index (χ0v) is 9.86. The minimum atomic E-state index is 0.0250. The third-order valence-electron chi connectivity index (χ3n) is 2.21. The van der Waals surface area contributed by atoms with Crippen LogP contribution in [-0.4, -0.2) is 11.6 Å². The highest BCUT2D eigenvalue weighted by molar-refractivity contribution is 7.18. The van der Waals surface area contributed by atoms with E-state index >= 15 is 0 Å². The predicted octanol–water partition coefficient (Wildman–Crippen LogP) is 2.65. The van der Waals surface area contributed by atoms with Gasteiger partial charge in [-0.1, -0.05) is 11.6 Å². The van der Waals surface area contributed by atoms with Crippen molar-refractivity contribution in [2.24, 2.45) is 11.0 Å². The number of nitrogens with zero attached hydrogens (tertiary/aromatic N) is 1. The van der Waals surface area contributed by atoms with Gasteiger partial charge in [-0.05, 0) is 31.9 Å². The molecule has 1 saturated carbocycles. The van der Waals surface area contributed by atoms with E-state index in [0.29, 0.717) is 0 Å². The molecule has 1 aliphatic rings. The summed E-state index contributed by atoms with van der Waals surface area (Å²) in [5.41, 5.74) is 3.36. The van der Waals surface area contributed by atoms with Gasteiger partial charge in [0.25, 0.3) is 0 Å². The summed E-state index contributed by atoms with van der Waals surface area (Å²) in [6, 6.07) is 3.72. The van der Waals surface area contributed by atoms with E-state index in [1.54, 1.807) is 0 Å². The predicted molar refractivity (Wildman–Crippen MR) is 62.4 cm³/mol. The van der Waals surface area contributed by atoms with Gasteiger partial charge in [-0.15, -0.1) is 11.3 Å². The molecule has 1 fully saturated rings. The molecule has 1 N–H and O–H groups in total. The van der Waals surface area contributed by atoms with Gasteiger partial charge in [-0.2, -0.15) is 5.10 Å². The van der Waals surface area contributed by atoms with Crippen molar-refractivity contribution in [2.75, 3.05) is 0 Å². The second-order valence-corrected chi connectivity index (χ2v) is 5.27. The summed E-state index contributed by atoms with van der Waals surface area (Å²) in [4.78, 5) is 12.3. The number of hydrazone groups is 1. The first-order valence-electron chi connectivity index (χ1n) is 4.76. The minimum Gasteiger partial charge on any atom is -0.273 e. The Labute approximate surface area is 97.1 Å². The molecule has 0 unspecified atom stereocenters. The Morgan fingerprint density at radius 1 is 1.60 bits per heavy atom. The molecule has 1 amide bonds. The summed E-state index contributed by atoms with van der Waals surface area (Å²) in [7, 11) is 0. The van der Waals surface area contributed by atoms with Crippen molar-refractivity contribution in [3.63, 3.8) is 0 Å². The highest BCUT2D eigenvalue weighted by Gasteiger charge is 2.29. The number of rotatable bonds is 3. The summed E-state index contributed by atoms with van der Waals surface area (Å²) in [6.45, 7) is 1.86. The molecule has 80 valence electrons. The van der Waals surface area contributed by atoms with Gasteiger partial charge in [0.05, 0.1) is 14.9 Å². The maximum Gasteiger partial charge on any atom is 0.243 e. The molecule has 0 bridgehead atoms. The van der Waals surface area contributed by atoms with Crippen LogP contribution in [-0.2, 0) is 4.79 Å². The van der Waals surface area contributed by atoms with Crippen LogP contribution in [0.5, 0.6) is 0 Å². The third-order valence-corrected chi connectivity index (χ3v) is 3.55. The molecule has 0 aliphatic heterocycles. The SMILES string of the molecule is C/C(=N\NC(=O)C1CC1)c1ccc(Cl)s1. The van der Waals surface area contributed by atoms with Gasteiger partial charge in [0, 0.05) is 5.92 Å². The molecular formula is C10H11ClN2OS. The maximum atomic E-state index is 11.3. The van der Waals surface area contributed by atoms with Gasteiger partial charge in [-0.25, -0.2) is 5.43 Å². The van der Waals surface area contributed by atoms with Crippen LogP contribution in [0, 0.1) is 5.92 Å². The Morgan fingerprint density at radius 3 is 2.87 bits per heavy atom. The van der Waals surface area contributed by atoms with Crippen LogP contribution in [0.4, 0.5) is 0 Å². The molecule has 1 aliphatic carbocycles. The molecule has 0 spiro atoms. The van der Waals surface area contributed by atoms with Crippen LogP contribution >= 0.6 is 22.9 Å². The molecule has 1 aromatic heterocycles. The lowest BCUT2D eigenvalue weighted by Crippen LogP contribution is -2.20. The number of thiophene rings is 1. The second kappa shape index (κ2) is 4.33. The third kappa shape index (κ3) is 2.79. The fourth-order valence-electron chi connectivity index (χ4n) is 1.14. The molecule has 1 aromatic rings. The molecular weight excluding hydrogens is 232 g/mol. The number of carbonyl (C=O) groups excluding carboxylic acids is 1. The van der Waals surface area contributed by atoms with E-state index in [0.717, 1.165) is 27.8 Å². The number of carbonyl (C=O) groups is 1. The first kappa shape index (κ1) is 10.6. The van der Waals surface area contributed by atoms with Gasteiger partial charge < -0.3 is 0 Å². The first-order chi connectivity index (χ1) is 7.16. The van der Waals surface area contributed by atoms with E-state index < -0.39 is 0 Å². The Kier molecular flexibility index (Phi) is 3.07. The van der Waals surface area contributed by atoms with E-state index in [1.807, 2.05) is 19.1 Å².